The van der Waals surface area contributed by atoms with Gasteiger partial charge in [-0.1, -0.05) is 11.6 Å². The topological polar surface area (TPSA) is 56.0 Å². The zero-order chi connectivity index (χ0) is 14.7. The van der Waals surface area contributed by atoms with E-state index in [-0.39, 0.29) is 5.91 Å². The van der Waals surface area contributed by atoms with Crippen LogP contribution in [0.15, 0.2) is 18.6 Å². The van der Waals surface area contributed by atoms with Crippen LogP contribution in [0, 0.1) is 0 Å². The van der Waals surface area contributed by atoms with Crippen molar-refractivity contribution in [1.29, 1.82) is 0 Å². The third-order valence-corrected chi connectivity index (χ3v) is 3.30. The smallest absolute Gasteiger partial charge is 0.275 e. The highest BCUT2D eigenvalue weighted by Gasteiger charge is 2.19. The van der Waals surface area contributed by atoms with Crippen molar-refractivity contribution in [2.45, 2.75) is 33.5 Å². The number of rotatable bonds is 5. The van der Waals surface area contributed by atoms with Crippen molar-refractivity contribution in [2.24, 2.45) is 0 Å². The zero-order valence-electron chi connectivity index (χ0n) is 11.9. The molecule has 0 aromatic carbocycles. The van der Waals surface area contributed by atoms with Crippen molar-refractivity contribution in [3.63, 3.8) is 0 Å². The van der Waals surface area contributed by atoms with E-state index in [0.717, 1.165) is 12.1 Å². The van der Waals surface area contributed by atoms with Crippen molar-refractivity contribution in [3.05, 3.63) is 34.9 Å². The van der Waals surface area contributed by atoms with Crippen LogP contribution in [0.25, 0.3) is 0 Å². The molecule has 0 N–H and O–H groups in total. The lowest BCUT2D eigenvalue weighted by molar-refractivity contribution is 0.0778. The van der Waals surface area contributed by atoms with Crippen LogP contribution >= 0.6 is 11.6 Å². The van der Waals surface area contributed by atoms with Crippen molar-refractivity contribution in [2.75, 3.05) is 7.05 Å². The van der Waals surface area contributed by atoms with Gasteiger partial charge in [0, 0.05) is 44.6 Å². The quantitative estimate of drug-likeness (QED) is 0.848. The number of nitrogens with zero attached hydrogens (tertiary/aromatic N) is 5. The van der Waals surface area contributed by atoms with Gasteiger partial charge in [0.05, 0.1) is 11.2 Å². The van der Waals surface area contributed by atoms with E-state index in [1.807, 2.05) is 24.7 Å². The van der Waals surface area contributed by atoms with Crippen LogP contribution in [0.1, 0.15) is 29.9 Å². The lowest BCUT2D eigenvalue weighted by Crippen LogP contribution is -2.26. The number of halogens is 1. The SMILES string of the molecule is CCn1cc(CN(C)C(=O)c2nn(CC)cc2Cl)cn1. The second-order valence-corrected chi connectivity index (χ2v) is 4.95. The molecular weight excluding hydrogens is 278 g/mol. The molecule has 0 aliphatic rings. The molecule has 2 aromatic rings. The van der Waals surface area contributed by atoms with Crippen molar-refractivity contribution < 1.29 is 4.79 Å². The highest BCUT2D eigenvalue weighted by molar-refractivity contribution is 6.33. The Morgan fingerprint density at radius 2 is 2.00 bits per heavy atom. The van der Waals surface area contributed by atoms with Crippen LogP contribution in [0.4, 0.5) is 0 Å². The van der Waals surface area contributed by atoms with Gasteiger partial charge in [-0.05, 0) is 13.8 Å². The first kappa shape index (κ1) is 14.6. The van der Waals surface area contributed by atoms with Crippen molar-refractivity contribution >= 4 is 17.5 Å². The highest BCUT2D eigenvalue weighted by Crippen LogP contribution is 2.16. The summed E-state index contributed by atoms with van der Waals surface area (Å²) in [7, 11) is 1.73. The molecule has 0 fully saturated rings. The fourth-order valence-corrected chi connectivity index (χ4v) is 2.12. The molecular formula is C13H18ClN5O. The lowest BCUT2D eigenvalue weighted by atomic mass is 10.3. The molecule has 2 rings (SSSR count). The molecule has 0 saturated carbocycles. The lowest BCUT2D eigenvalue weighted by Gasteiger charge is -2.14. The fraction of sp³-hybridized carbons (Fsp3) is 0.462. The van der Waals surface area contributed by atoms with Crippen LogP contribution in [0.5, 0.6) is 0 Å². The Morgan fingerprint density at radius 1 is 1.30 bits per heavy atom. The Labute approximate surface area is 122 Å². The Morgan fingerprint density at radius 3 is 2.55 bits per heavy atom. The van der Waals surface area contributed by atoms with Gasteiger partial charge < -0.3 is 4.90 Å². The van der Waals surface area contributed by atoms with Crippen LogP contribution in [0.3, 0.4) is 0 Å². The number of aromatic nitrogens is 4. The van der Waals surface area contributed by atoms with E-state index in [1.165, 1.54) is 0 Å². The number of amides is 1. The molecule has 0 atom stereocenters. The average molecular weight is 296 g/mol. The number of hydrogen-bond acceptors (Lipinski definition) is 3. The van der Waals surface area contributed by atoms with Gasteiger partial charge in [-0.15, -0.1) is 0 Å². The Hall–Kier alpha value is -1.82. The minimum atomic E-state index is -0.188. The minimum absolute atomic E-state index is 0.188. The number of hydrogen-bond donors (Lipinski definition) is 0. The van der Waals surface area contributed by atoms with E-state index in [2.05, 4.69) is 10.2 Å². The van der Waals surface area contributed by atoms with Gasteiger partial charge in [0.1, 0.15) is 0 Å². The molecule has 108 valence electrons. The first-order valence-electron chi connectivity index (χ1n) is 6.54. The summed E-state index contributed by atoms with van der Waals surface area (Å²) in [5, 5.41) is 8.75. The molecule has 7 heteroatoms. The van der Waals surface area contributed by atoms with Gasteiger partial charge in [-0.3, -0.25) is 14.2 Å². The van der Waals surface area contributed by atoms with Crippen LogP contribution in [-0.2, 0) is 19.6 Å². The van der Waals surface area contributed by atoms with Gasteiger partial charge in [-0.2, -0.15) is 10.2 Å². The molecule has 2 aromatic heterocycles. The van der Waals surface area contributed by atoms with Crippen molar-refractivity contribution in [1.82, 2.24) is 24.5 Å². The molecule has 0 unspecified atom stereocenters. The Bertz CT molecular complexity index is 604. The van der Waals surface area contributed by atoms with Crippen LogP contribution < -0.4 is 0 Å². The summed E-state index contributed by atoms with van der Waals surface area (Å²) >= 11 is 6.04. The third kappa shape index (κ3) is 3.01. The summed E-state index contributed by atoms with van der Waals surface area (Å²) in [5.74, 6) is -0.188. The first-order valence-corrected chi connectivity index (χ1v) is 6.92. The van der Waals surface area contributed by atoms with E-state index in [1.54, 1.807) is 29.0 Å². The normalized spacial score (nSPS) is 10.8. The zero-order valence-corrected chi connectivity index (χ0v) is 12.6. The molecule has 2 heterocycles. The summed E-state index contributed by atoms with van der Waals surface area (Å²) in [6, 6.07) is 0. The molecule has 6 nitrogen and oxygen atoms in total. The van der Waals surface area contributed by atoms with Crippen LogP contribution in [0.2, 0.25) is 5.02 Å². The molecule has 0 aliphatic heterocycles. The van der Waals surface area contributed by atoms with Gasteiger partial charge in [0.25, 0.3) is 5.91 Å². The molecule has 1 amide bonds. The summed E-state index contributed by atoms with van der Waals surface area (Å²) in [5.41, 5.74) is 1.27. The maximum atomic E-state index is 12.3. The maximum Gasteiger partial charge on any atom is 0.275 e. The summed E-state index contributed by atoms with van der Waals surface area (Å²) in [6.07, 6.45) is 5.35. The second kappa shape index (κ2) is 6.09. The minimum Gasteiger partial charge on any atom is -0.336 e. The Kier molecular flexibility index (Phi) is 4.44. The predicted molar refractivity (Wildman–Crippen MR) is 76.6 cm³/mol. The maximum absolute atomic E-state index is 12.3. The molecule has 0 radical (unpaired) electrons. The second-order valence-electron chi connectivity index (χ2n) is 4.55. The van der Waals surface area contributed by atoms with Gasteiger partial charge >= 0.3 is 0 Å². The van der Waals surface area contributed by atoms with Crippen LogP contribution in [-0.4, -0.2) is 37.4 Å². The van der Waals surface area contributed by atoms with Gasteiger partial charge in [0.2, 0.25) is 0 Å². The number of carbonyl (C=O) groups excluding carboxylic acids is 1. The fourth-order valence-electron chi connectivity index (χ4n) is 1.89. The summed E-state index contributed by atoms with van der Waals surface area (Å²) < 4.78 is 3.48. The van der Waals surface area contributed by atoms with Crippen molar-refractivity contribution in [3.8, 4) is 0 Å². The number of carbonyl (C=O) groups is 1. The molecule has 0 aliphatic carbocycles. The molecule has 20 heavy (non-hydrogen) atoms. The number of aryl methyl sites for hydroxylation is 2. The summed E-state index contributed by atoms with van der Waals surface area (Å²) in [6.45, 7) is 5.93. The molecule has 0 spiro atoms. The monoisotopic (exact) mass is 295 g/mol. The largest absolute Gasteiger partial charge is 0.336 e. The summed E-state index contributed by atoms with van der Waals surface area (Å²) in [4.78, 5) is 13.9. The van der Waals surface area contributed by atoms with E-state index >= 15 is 0 Å². The standard InChI is InChI=1S/C13H18ClN5O/c1-4-18-8-10(6-15-18)7-17(3)13(20)12-11(14)9-19(5-2)16-12/h6,8-9H,4-5,7H2,1-3H3. The molecule has 0 saturated heterocycles. The highest BCUT2D eigenvalue weighted by atomic mass is 35.5. The first-order chi connectivity index (χ1) is 9.55. The van der Waals surface area contributed by atoms with Gasteiger partial charge in [-0.25, -0.2) is 0 Å². The predicted octanol–water partition coefficient (Wildman–Crippen LogP) is 2.04. The van der Waals surface area contributed by atoms with E-state index in [9.17, 15) is 4.79 Å². The average Bonchev–Trinajstić information content (AvgIpc) is 3.04. The van der Waals surface area contributed by atoms with E-state index in [0.29, 0.717) is 23.8 Å². The van der Waals surface area contributed by atoms with Gasteiger partial charge in [0.15, 0.2) is 5.69 Å². The molecule has 0 bridgehead atoms. The van der Waals surface area contributed by atoms with E-state index in [4.69, 9.17) is 11.6 Å². The Balaban J connectivity index is 2.09. The third-order valence-electron chi connectivity index (χ3n) is 3.02. The van der Waals surface area contributed by atoms with E-state index < -0.39 is 0 Å².